The van der Waals surface area contributed by atoms with Crippen molar-refractivity contribution in [3.8, 4) is 5.75 Å². The van der Waals surface area contributed by atoms with E-state index in [0.29, 0.717) is 17.3 Å². The predicted molar refractivity (Wildman–Crippen MR) is 99.4 cm³/mol. The molecule has 0 saturated carbocycles. The zero-order chi connectivity index (χ0) is 17.6. The zero-order valence-electron chi connectivity index (χ0n) is 14.1. The van der Waals surface area contributed by atoms with Crippen molar-refractivity contribution in [1.82, 2.24) is 10.2 Å². The highest BCUT2D eigenvalue weighted by atomic mass is 35.5. The number of nitrogens with one attached hydrogen (secondary N) is 1. The number of rotatable bonds is 5. The maximum absolute atomic E-state index is 12.4. The Morgan fingerprint density at radius 2 is 1.72 bits per heavy atom. The number of hydrogen-bond donors (Lipinski definition) is 2. The molecule has 4 nitrogen and oxygen atoms in total. The Kier molecular flexibility index (Phi) is 5.95. The van der Waals surface area contributed by atoms with Gasteiger partial charge in [-0.3, -0.25) is 9.69 Å². The molecular weight excluding hydrogens is 336 g/mol. The predicted octanol–water partition coefficient (Wildman–Crippen LogP) is 3.57. The van der Waals surface area contributed by atoms with Gasteiger partial charge < -0.3 is 10.4 Å². The molecule has 5 heteroatoms. The molecule has 1 aliphatic rings. The summed E-state index contributed by atoms with van der Waals surface area (Å²) < 4.78 is 0. The summed E-state index contributed by atoms with van der Waals surface area (Å²) in [5, 5.41) is 13.6. The number of halogens is 1. The number of aromatic hydroxyl groups is 1. The second kappa shape index (κ2) is 8.37. The van der Waals surface area contributed by atoms with Crippen LogP contribution in [0.5, 0.6) is 5.75 Å². The molecule has 0 bridgehead atoms. The maximum Gasteiger partial charge on any atom is 0.223 e. The van der Waals surface area contributed by atoms with Crippen LogP contribution >= 0.6 is 11.6 Å². The lowest BCUT2D eigenvalue weighted by Crippen LogP contribution is -2.40. The Hall–Kier alpha value is -2.04. The zero-order valence-corrected chi connectivity index (χ0v) is 14.9. The normalized spacial score (nSPS) is 15.9. The summed E-state index contributed by atoms with van der Waals surface area (Å²) in [6.45, 7) is 2.91. The topological polar surface area (TPSA) is 52.6 Å². The molecule has 0 unspecified atom stereocenters. The second-order valence-corrected chi connectivity index (χ2v) is 6.90. The summed E-state index contributed by atoms with van der Waals surface area (Å²) in [6.07, 6.45) is 1.67. The number of para-hydroxylation sites is 1. The van der Waals surface area contributed by atoms with Gasteiger partial charge in [-0.15, -0.1) is 0 Å². The molecule has 1 aliphatic heterocycles. The van der Waals surface area contributed by atoms with E-state index in [1.54, 1.807) is 6.07 Å². The SMILES string of the molecule is O=C(NCc1ccccc1Cl)C1CCN(Cc2ccccc2O)CC1. The van der Waals surface area contributed by atoms with Crippen molar-refractivity contribution in [2.75, 3.05) is 13.1 Å². The first-order valence-electron chi connectivity index (χ1n) is 8.64. The molecule has 0 aliphatic carbocycles. The van der Waals surface area contributed by atoms with Gasteiger partial charge in [0.1, 0.15) is 5.75 Å². The molecule has 2 N–H and O–H groups in total. The van der Waals surface area contributed by atoms with Gasteiger partial charge in [-0.25, -0.2) is 0 Å². The highest BCUT2D eigenvalue weighted by Crippen LogP contribution is 2.23. The average Bonchev–Trinajstić information content (AvgIpc) is 2.63. The van der Waals surface area contributed by atoms with E-state index in [4.69, 9.17) is 11.6 Å². The third-order valence-electron chi connectivity index (χ3n) is 4.75. The van der Waals surface area contributed by atoms with Crippen LogP contribution in [0.25, 0.3) is 0 Å². The Balaban J connectivity index is 1.46. The lowest BCUT2D eigenvalue weighted by molar-refractivity contribution is -0.126. The Bertz CT molecular complexity index is 727. The molecule has 0 spiro atoms. The van der Waals surface area contributed by atoms with Crippen molar-refractivity contribution in [3.05, 3.63) is 64.7 Å². The van der Waals surface area contributed by atoms with Crippen molar-refractivity contribution in [2.24, 2.45) is 5.92 Å². The van der Waals surface area contributed by atoms with Crippen LogP contribution < -0.4 is 5.32 Å². The summed E-state index contributed by atoms with van der Waals surface area (Å²) in [4.78, 5) is 14.7. The quantitative estimate of drug-likeness (QED) is 0.859. The number of amides is 1. The fraction of sp³-hybridized carbons (Fsp3) is 0.350. The maximum atomic E-state index is 12.4. The van der Waals surface area contributed by atoms with Gasteiger partial charge in [-0.05, 0) is 43.6 Å². The van der Waals surface area contributed by atoms with Gasteiger partial charge in [0, 0.05) is 29.6 Å². The first kappa shape index (κ1) is 17.8. The molecule has 2 aromatic rings. The van der Waals surface area contributed by atoms with Crippen LogP contribution in [0.1, 0.15) is 24.0 Å². The van der Waals surface area contributed by atoms with E-state index in [2.05, 4.69) is 10.2 Å². The van der Waals surface area contributed by atoms with E-state index in [-0.39, 0.29) is 11.8 Å². The van der Waals surface area contributed by atoms with E-state index in [9.17, 15) is 9.90 Å². The fourth-order valence-electron chi connectivity index (χ4n) is 3.21. The van der Waals surface area contributed by atoms with Gasteiger partial charge in [-0.1, -0.05) is 48.0 Å². The molecule has 1 fully saturated rings. The van der Waals surface area contributed by atoms with Crippen LogP contribution in [0.4, 0.5) is 0 Å². The highest BCUT2D eigenvalue weighted by Gasteiger charge is 2.25. The van der Waals surface area contributed by atoms with E-state index >= 15 is 0 Å². The van der Waals surface area contributed by atoms with Crippen LogP contribution in [-0.2, 0) is 17.9 Å². The van der Waals surface area contributed by atoms with Gasteiger partial charge in [0.2, 0.25) is 5.91 Å². The van der Waals surface area contributed by atoms with Gasteiger partial charge >= 0.3 is 0 Å². The molecule has 1 saturated heterocycles. The van der Waals surface area contributed by atoms with E-state index in [1.165, 1.54) is 0 Å². The molecule has 1 amide bonds. The van der Waals surface area contributed by atoms with Crippen molar-refractivity contribution < 1.29 is 9.90 Å². The van der Waals surface area contributed by atoms with Crippen molar-refractivity contribution in [2.45, 2.75) is 25.9 Å². The summed E-state index contributed by atoms with van der Waals surface area (Å²) in [6, 6.07) is 15.0. The largest absolute Gasteiger partial charge is 0.508 e. The molecule has 0 radical (unpaired) electrons. The second-order valence-electron chi connectivity index (χ2n) is 6.49. The number of nitrogens with zero attached hydrogens (tertiary/aromatic N) is 1. The highest BCUT2D eigenvalue weighted by molar-refractivity contribution is 6.31. The average molecular weight is 359 g/mol. The van der Waals surface area contributed by atoms with Gasteiger partial charge in [0.15, 0.2) is 0 Å². The number of benzene rings is 2. The minimum atomic E-state index is 0.0445. The lowest BCUT2D eigenvalue weighted by atomic mass is 9.95. The molecule has 25 heavy (non-hydrogen) atoms. The number of phenolic OH excluding ortho intramolecular Hbond substituents is 1. The lowest BCUT2D eigenvalue weighted by Gasteiger charge is -2.31. The molecule has 0 atom stereocenters. The van der Waals surface area contributed by atoms with Crippen LogP contribution in [0, 0.1) is 5.92 Å². The Morgan fingerprint density at radius 1 is 1.08 bits per heavy atom. The number of carbonyl (C=O) groups excluding carboxylic acids is 1. The van der Waals surface area contributed by atoms with Crippen LogP contribution in [0.3, 0.4) is 0 Å². The van der Waals surface area contributed by atoms with E-state index in [1.807, 2.05) is 42.5 Å². The minimum Gasteiger partial charge on any atom is -0.508 e. The number of likely N-dealkylation sites (tertiary alicyclic amines) is 1. The number of piperidine rings is 1. The fourth-order valence-corrected chi connectivity index (χ4v) is 3.41. The first-order valence-corrected chi connectivity index (χ1v) is 9.01. The summed E-state index contributed by atoms with van der Waals surface area (Å²) in [5.41, 5.74) is 1.87. The Labute approximate surface area is 153 Å². The van der Waals surface area contributed by atoms with E-state index < -0.39 is 0 Å². The first-order chi connectivity index (χ1) is 12.1. The third-order valence-corrected chi connectivity index (χ3v) is 5.12. The smallest absolute Gasteiger partial charge is 0.223 e. The molecule has 3 rings (SSSR count). The number of hydrogen-bond acceptors (Lipinski definition) is 3. The van der Waals surface area contributed by atoms with Crippen molar-refractivity contribution in [3.63, 3.8) is 0 Å². The Morgan fingerprint density at radius 3 is 2.40 bits per heavy atom. The molecule has 0 aromatic heterocycles. The molecular formula is C20H23ClN2O2. The molecule has 2 aromatic carbocycles. The summed E-state index contributed by atoms with van der Waals surface area (Å²) in [7, 11) is 0. The number of phenols is 1. The van der Waals surface area contributed by atoms with Gasteiger partial charge in [0.05, 0.1) is 0 Å². The van der Waals surface area contributed by atoms with Crippen molar-refractivity contribution in [1.29, 1.82) is 0 Å². The summed E-state index contributed by atoms with van der Waals surface area (Å²) in [5.74, 6) is 0.479. The standard InChI is InChI=1S/C20H23ClN2O2/c21-18-7-3-1-5-16(18)13-22-20(25)15-9-11-23(12-10-15)14-17-6-2-4-8-19(17)24/h1-8,15,24H,9-14H2,(H,22,25). The summed E-state index contributed by atoms with van der Waals surface area (Å²) >= 11 is 6.12. The molecule has 132 valence electrons. The third kappa shape index (κ3) is 4.74. The monoisotopic (exact) mass is 358 g/mol. The molecule has 1 heterocycles. The minimum absolute atomic E-state index is 0.0445. The van der Waals surface area contributed by atoms with E-state index in [0.717, 1.165) is 43.6 Å². The van der Waals surface area contributed by atoms with Crippen LogP contribution in [0.15, 0.2) is 48.5 Å². The van der Waals surface area contributed by atoms with Crippen LogP contribution in [0.2, 0.25) is 5.02 Å². The van der Waals surface area contributed by atoms with Crippen molar-refractivity contribution >= 4 is 17.5 Å². The number of carbonyl (C=O) groups is 1. The van der Waals surface area contributed by atoms with Crippen LogP contribution in [-0.4, -0.2) is 29.0 Å². The van der Waals surface area contributed by atoms with Gasteiger partial charge in [-0.2, -0.15) is 0 Å². The van der Waals surface area contributed by atoms with Gasteiger partial charge in [0.25, 0.3) is 0 Å².